The van der Waals surface area contributed by atoms with E-state index in [0.29, 0.717) is 0 Å². The van der Waals surface area contributed by atoms with Crippen molar-refractivity contribution in [1.82, 2.24) is 0 Å². The third kappa shape index (κ3) is 1.55. The molecular formula is C10H8OSn. The van der Waals surface area contributed by atoms with Gasteiger partial charge in [-0.3, -0.25) is 0 Å². The Morgan fingerprint density at radius 1 is 0.917 bits per heavy atom. The topological polar surface area (TPSA) is 13.1 Å². The van der Waals surface area contributed by atoms with Crippen LogP contribution >= 0.6 is 0 Å². The van der Waals surface area contributed by atoms with E-state index >= 15 is 0 Å². The molecule has 0 aliphatic rings. The first-order valence-electron chi connectivity index (χ1n) is 3.77. The standard InChI is InChI=1S/C10H7O.Sn.H/c1-2-5-9(6-3-1)10-7-4-8-11-10;;/h1-7H;;. The number of benzene rings is 1. The molecule has 0 aliphatic heterocycles. The van der Waals surface area contributed by atoms with Gasteiger partial charge in [0.2, 0.25) is 0 Å². The second-order valence-electron chi connectivity index (χ2n) is 2.57. The molecule has 0 bridgehead atoms. The number of hydrogen-bond donors (Lipinski definition) is 0. The third-order valence-electron chi connectivity index (χ3n) is 1.69. The van der Waals surface area contributed by atoms with E-state index in [0.717, 1.165) is 37.6 Å². The minimum atomic E-state index is 0.971. The van der Waals surface area contributed by atoms with Crippen LogP contribution in [0.4, 0.5) is 0 Å². The summed E-state index contributed by atoms with van der Waals surface area (Å²) in [4.78, 5) is 0. The number of rotatable bonds is 1. The van der Waals surface area contributed by atoms with E-state index in [4.69, 9.17) is 4.42 Å². The van der Waals surface area contributed by atoms with Crippen LogP contribution in [-0.4, -0.2) is 22.5 Å². The van der Waals surface area contributed by atoms with Gasteiger partial charge in [-0.2, -0.15) is 0 Å². The summed E-state index contributed by atoms with van der Waals surface area (Å²) in [6.45, 7) is 0. The molecule has 2 rings (SSSR count). The molecule has 0 spiro atoms. The summed E-state index contributed by atoms with van der Waals surface area (Å²) < 4.78 is 6.61. The minimum absolute atomic E-state index is 0.971. The van der Waals surface area contributed by atoms with Gasteiger partial charge in [0.1, 0.15) is 0 Å². The van der Waals surface area contributed by atoms with Crippen molar-refractivity contribution in [2.75, 3.05) is 0 Å². The van der Waals surface area contributed by atoms with Gasteiger partial charge in [-0.1, -0.05) is 0 Å². The molecule has 0 saturated heterocycles. The van der Waals surface area contributed by atoms with Crippen LogP contribution in [0.15, 0.2) is 46.9 Å². The summed E-state index contributed by atoms with van der Waals surface area (Å²) in [7, 11) is 0. The maximum atomic E-state index is 5.53. The third-order valence-corrected chi connectivity index (χ3v) is 2.57. The van der Waals surface area contributed by atoms with Crippen molar-refractivity contribution >= 4 is 26.3 Å². The second kappa shape index (κ2) is 3.35. The first-order valence-corrected chi connectivity index (χ1v) is 5.42. The Balaban J connectivity index is 2.45. The number of furan rings is 1. The van der Waals surface area contributed by atoms with Crippen molar-refractivity contribution in [2.24, 2.45) is 0 Å². The van der Waals surface area contributed by atoms with Crippen LogP contribution in [-0.2, 0) is 0 Å². The fraction of sp³-hybridized carbons (Fsp3) is 0. The summed E-state index contributed by atoms with van der Waals surface area (Å²) in [5, 5.41) is 0. The Labute approximate surface area is 84.5 Å². The van der Waals surface area contributed by atoms with Crippen LogP contribution < -0.4 is 3.78 Å². The van der Waals surface area contributed by atoms with Crippen molar-refractivity contribution < 1.29 is 4.42 Å². The normalized spacial score (nSPS) is 10.1. The fourth-order valence-corrected chi connectivity index (χ4v) is 1.75. The Bertz CT molecular complexity index is 364. The molecule has 0 atom stereocenters. The molecule has 0 unspecified atom stereocenters. The Morgan fingerprint density at radius 2 is 1.67 bits per heavy atom. The van der Waals surface area contributed by atoms with Crippen molar-refractivity contribution in [3.8, 4) is 11.3 Å². The van der Waals surface area contributed by atoms with Crippen molar-refractivity contribution in [2.45, 2.75) is 0 Å². The Morgan fingerprint density at radius 3 is 2.25 bits per heavy atom. The van der Waals surface area contributed by atoms with Crippen molar-refractivity contribution in [3.05, 3.63) is 42.5 Å². The maximum absolute atomic E-state index is 5.53. The predicted octanol–water partition coefficient (Wildman–Crippen LogP) is 1.47. The van der Waals surface area contributed by atoms with Gasteiger partial charge in [0, 0.05) is 0 Å². The molecule has 12 heavy (non-hydrogen) atoms. The van der Waals surface area contributed by atoms with Crippen LogP contribution in [0.1, 0.15) is 0 Å². The van der Waals surface area contributed by atoms with E-state index in [1.807, 2.05) is 30.3 Å². The Kier molecular flexibility index (Phi) is 2.21. The SMILES string of the molecule is [SnH][c]1ccc(-c2ccccc2)o1. The molecule has 1 aromatic carbocycles. The predicted molar refractivity (Wildman–Crippen MR) is 50.9 cm³/mol. The van der Waals surface area contributed by atoms with Gasteiger partial charge in [-0.05, 0) is 0 Å². The van der Waals surface area contributed by atoms with Gasteiger partial charge in [0.05, 0.1) is 0 Å². The van der Waals surface area contributed by atoms with E-state index in [1.54, 1.807) is 0 Å². The van der Waals surface area contributed by atoms with Crippen molar-refractivity contribution in [3.63, 3.8) is 0 Å². The van der Waals surface area contributed by atoms with Crippen LogP contribution in [0.2, 0.25) is 0 Å². The summed E-state index contributed by atoms with van der Waals surface area (Å²) >= 11 is 1.04. The summed E-state index contributed by atoms with van der Waals surface area (Å²) in [6.07, 6.45) is 0. The van der Waals surface area contributed by atoms with E-state index in [2.05, 4.69) is 12.1 Å². The van der Waals surface area contributed by atoms with Gasteiger partial charge in [0.25, 0.3) is 0 Å². The monoisotopic (exact) mass is 264 g/mol. The van der Waals surface area contributed by atoms with Gasteiger partial charge in [0.15, 0.2) is 0 Å². The van der Waals surface area contributed by atoms with Crippen LogP contribution in [0.5, 0.6) is 0 Å². The van der Waals surface area contributed by atoms with E-state index in [1.165, 1.54) is 0 Å². The van der Waals surface area contributed by atoms with Gasteiger partial charge >= 0.3 is 84.5 Å². The molecule has 0 N–H and O–H groups in total. The van der Waals surface area contributed by atoms with E-state index < -0.39 is 0 Å². The molecule has 0 aliphatic carbocycles. The molecule has 58 valence electrons. The first-order chi connectivity index (χ1) is 5.86. The molecule has 2 radical (unpaired) electrons. The molecule has 1 aromatic heterocycles. The fourth-order valence-electron chi connectivity index (χ4n) is 1.11. The van der Waals surface area contributed by atoms with Crippen LogP contribution in [0.3, 0.4) is 0 Å². The molecule has 0 fully saturated rings. The van der Waals surface area contributed by atoms with E-state index in [9.17, 15) is 0 Å². The quantitative estimate of drug-likeness (QED) is 0.710. The summed E-state index contributed by atoms with van der Waals surface area (Å²) in [5.41, 5.74) is 1.15. The molecule has 2 aromatic rings. The number of hydrogen-bond acceptors (Lipinski definition) is 1. The molecule has 0 amide bonds. The zero-order valence-corrected chi connectivity index (χ0v) is 9.82. The van der Waals surface area contributed by atoms with Crippen LogP contribution in [0, 0.1) is 0 Å². The zero-order valence-electron chi connectivity index (χ0n) is 6.53. The van der Waals surface area contributed by atoms with Gasteiger partial charge in [-0.15, -0.1) is 0 Å². The molecule has 0 saturated carbocycles. The molecule has 2 heteroatoms. The zero-order chi connectivity index (χ0) is 8.39. The second-order valence-corrected chi connectivity index (χ2v) is 4.19. The molecule has 1 heterocycles. The Hall–Kier alpha value is -0.701. The van der Waals surface area contributed by atoms with Gasteiger partial charge in [-0.25, -0.2) is 0 Å². The molecular weight excluding hydrogens is 255 g/mol. The molecule has 1 nitrogen and oxygen atoms in total. The van der Waals surface area contributed by atoms with Crippen LogP contribution in [0.25, 0.3) is 11.3 Å². The average molecular weight is 263 g/mol. The first kappa shape index (κ1) is 7.92. The van der Waals surface area contributed by atoms with E-state index in [-0.39, 0.29) is 0 Å². The van der Waals surface area contributed by atoms with Crippen molar-refractivity contribution in [1.29, 1.82) is 0 Å². The van der Waals surface area contributed by atoms with Gasteiger partial charge < -0.3 is 0 Å². The summed E-state index contributed by atoms with van der Waals surface area (Å²) in [5.74, 6) is 0.971. The average Bonchev–Trinajstić information content (AvgIpc) is 2.54. The summed E-state index contributed by atoms with van der Waals surface area (Å²) in [6, 6.07) is 14.2.